The van der Waals surface area contributed by atoms with Gasteiger partial charge in [-0.15, -0.1) is 11.6 Å². The third-order valence-electron chi connectivity index (χ3n) is 2.06. The summed E-state index contributed by atoms with van der Waals surface area (Å²) in [6.45, 7) is 3.08. The Kier molecular flexibility index (Phi) is 4.94. The SMILES string of the molecule is CC(Cl)C(O)CNCc1ccccc1. The second-order valence-electron chi connectivity index (χ2n) is 3.36. The molecule has 0 aliphatic heterocycles. The smallest absolute Gasteiger partial charge is 0.0825 e. The van der Waals surface area contributed by atoms with E-state index in [1.807, 2.05) is 30.3 Å². The van der Waals surface area contributed by atoms with Crippen LogP contribution in [-0.2, 0) is 6.54 Å². The van der Waals surface area contributed by atoms with Crippen LogP contribution in [0.4, 0.5) is 0 Å². The lowest BCUT2D eigenvalue weighted by Crippen LogP contribution is -2.31. The highest BCUT2D eigenvalue weighted by atomic mass is 35.5. The van der Waals surface area contributed by atoms with E-state index in [2.05, 4.69) is 5.32 Å². The Balaban J connectivity index is 2.22. The Morgan fingerprint density at radius 2 is 2.00 bits per heavy atom. The van der Waals surface area contributed by atoms with Crippen LogP contribution in [0.1, 0.15) is 12.5 Å². The molecule has 0 amide bonds. The molecule has 2 nitrogen and oxygen atoms in total. The molecule has 0 aromatic heterocycles. The molecule has 0 aliphatic rings. The molecule has 1 aromatic carbocycles. The lowest BCUT2D eigenvalue weighted by atomic mass is 10.2. The third-order valence-corrected chi connectivity index (χ3v) is 2.35. The third kappa shape index (κ3) is 4.09. The number of benzene rings is 1. The zero-order chi connectivity index (χ0) is 10.4. The lowest BCUT2D eigenvalue weighted by molar-refractivity contribution is 0.170. The predicted octanol–water partition coefficient (Wildman–Crippen LogP) is 1.76. The molecule has 0 fully saturated rings. The molecule has 78 valence electrons. The molecule has 0 aliphatic carbocycles. The molecule has 3 heteroatoms. The average Bonchev–Trinajstić information content (AvgIpc) is 2.19. The van der Waals surface area contributed by atoms with Crippen LogP contribution in [0.2, 0.25) is 0 Å². The maximum absolute atomic E-state index is 9.41. The molecule has 0 saturated carbocycles. The Hall–Kier alpha value is -0.570. The number of alkyl halides is 1. The zero-order valence-corrected chi connectivity index (χ0v) is 9.04. The number of aliphatic hydroxyl groups excluding tert-OH is 1. The topological polar surface area (TPSA) is 32.3 Å². The highest BCUT2D eigenvalue weighted by Crippen LogP contribution is 2.01. The Morgan fingerprint density at radius 1 is 1.36 bits per heavy atom. The van der Waals surface area contributed by atoms with Crippen molar-refractivity contribution < 1.29 is 5.11 Å². The van der Waals surface area contributed by atoms with Crippen molar-refractivity contribution in [3.8, 4) is 0 Å². The van der Waals surface area contributed by atoms with Crippen molar-refractivity contribution in [3.63, 3.8) is 0 Å². The fraction of sp³-hybridized carbons (Fsp3) is 0.455. The Morgan fingerprint density at radius 3 is 2.57 bits per heavy atom. The van der Waals surface area contributed by atoms with Crippen LogP contribution in [0, 0.1) is 0 Å². The van der Waals surface area contributed by atoms with Crippen molar-refractivity contribution in [2.45, 2.75) is 24.9 Å². The second kappa shape index (κ2) is 6.02. The van der Waals surface area contributed by atoms with Gasteiger partial charge >= 0.3 is 0 Å². The van der Waals surface area contributed by atoms with Gasteiger partial charge in [0.15, 0.2) is 0 Å². The van der Waals surface area contributed by atoms with Crippen LogP contribution in [0.5, 0.6) is 0 Å². The first kappa shape index (κ1) is 11.5. The van der Waals surface area contributed by atoms with E-state index in [4.69, 9.17) is 11.6 Å². The molecule has 0 bridgehead atoms. The van der Waals surface area contributed by atoms with Crippen LogP contribution in [0.3, 0.4) is 0 Å². The molecular formula is C11H16ClNO. The minimum atomic E-state index is -0.486. The summed E-state index contributed by atoms with van der Waals surface area (Å²) in [5.74, 6) is 0. The molecule has 1 aromatic rings. The van der Waals surface area contributed by atoms with Gasteiger partial charge in [-0.2, -0.15) is 0 Å². The van der Waals surface area contributed by atoms with Gasteiger partial charge in [0.1, 0.15) is 0 Å². The molecule has 14 heavy (non-hydrogen) atoms. The van der Waals surface area contributed by atoms with Crippen LogP contribution in [-0.4, -0.2) is 23.1 Å². The van der Waals surface area contributed by atoms with E-state index in [-0.39, 0.29) is 5.38 Å². The minimum absolute atomic E-state index is 0.210. The van der Waals surface area contributed by atoms with Gasteiger partial charge in [0, 0.05) is 13.1 Å². The summed E-state index contributed by atoms with van der Waals surface area (Å²) in [5.41, 5.74) is 1.21. The highest BCUT2D eigenvalue weighted by molar-refractivity contribution is 6.20. The quantitative estimate of drug-likeness (QED) is 0.731. The van der Waals surface area contributed by atoms with Crippen LogP contribution in [0.15, 0.2) is 30.3 Å². The fourth-order valence-corrected chi connectivity index (χ4v) is 1.21. The van der Waals surface area contributed by atoms with Gasteiger partial charge in [0.25, 0.3) is 0 Å². The predicted molar refractivity (Wildman–Crippen MR) is 59.5 cm³/mol. The van der Waals surface area contributed by atoms with Gasteiger partial charge in [-0.3, -0.25) is 0 Å². The second-order valence-corrected chi connectivity index (χ2v) is 4.05. The van der Waals surface area contributed by atoms with E-state index in [0.29, 0.717) is 6.54 Å². The Labute approximate surface area is 89.9 Å². The van der Waals surface area contributed by atoms with E-state index in [1.165, 1.54) is 5.56 Å². The molecule has 2 unspecified atom stereocenters. The number of hydrogen-bond acceptors (Lipinski definition) is 2. The summed E-state index contributed by atoms with van der Waals surface area (Å²) in [7, 11) is 0. The molecule has 0 radical (unpaired) electrons. The van der Waals surface area contributed by atoms with Crippen LogP contribution in [0.25, 0.3) is 0 Å². The van der Waals surface area contributed by atoms with Crippen molar-refractivity contribution in [1.29, 1.82) is 0 Å². The maximum atomic E-state index is 9.41. The first-order valence-corrected chi connectivity index (χ1v) is 5.20. The first-order chi connectivity index (χ1) is 6.70. The normalized spacial score (nSPS) is 15.1. The van der Waals surface area contributed by atoms with E-state index < -0.39 is 6.10 Å². The largest absolute Gasteiger partial charge is 0.390 e. The van der Waals surface area contributed by atoms with Crippen molar-refractivity contribution in [1.82, 2.24) is 5.32 Å². The van der Waals surface area contributed by atoms with Gasteiger partial charge in [-0.05, 0) is 12.5 Å². The van der Waals surface area contributed by atoms with E-state index in [0.717, 1.165) is 6.54 Å². The molecule has 0 spiro atoms. The Bertz CT molecular complexity index is 251. The van der Waals surface area contributed by atoms with Gasteiger partial charge in [0.05, 0.1) is 11.5 Å². The molecule has 1 rings (SSSR count). The average molecular weight is 214 g/mol. The minimum Gasteiger partial charge on any atom is -0.390 e. The van der Waals surface area contributed by atoms with E-state index in [9.17, 15) is 5.11 Å². The number of halogens is 1. The number of aliphatic hydroxyl groups is 1. The molecule has 2 N–H and O–H groups in total. The number of rotatable bonds is 5. The van der Waals surface area contributed by atoms with Crippen LogP contribution < -0.4 is 5.32 Å². The van der Waals surface area contributed by atoms with Crippen molar-refractivity contribution in [3.05, 3.63) is 35.9 Å². The summed E-state index contributed by atoms with van der Waals surface area (Å²) in [5, 5.41) is 12.3. The summed E-state index contributed by atoms with van der Waals surface area (Å²) < 4.78 is 0. The maximum Gasteiger partial charge on any atom is 0.0825 e. The lowest BCUT2D eigenvalue weighted by Gasteiger charge is -2.13. The van der Waals surface area contributed by atoms with E-state index in [1.54, 1.807) is 6.92 Å². The van der Waals surface area contributed by atoms with Crippen molar-refractivity contribution in [2.75, 3.05) is 6.54 Å². The van der Waals surface area contributed by atoms with Crippen molar-refractivity contribution in [2.24, 2.45) is 0 Å². The zero-order valence-electron chi connectivity index (χ0n) is 8.28. The molecule has 0 saturated heterocycles. The molecule has 0 heterocycles. The standard InChI is InChI=1S/C11H16ClNO/c1-9(12)11(14)8-13-7-10-5-3-2-4-6-10/h2-6,9,11,13-14H,7-8H2,1H3. The van der Waals surface area contributed by atoms with Gasteiger partial charge in [-0.1, -0.05) is 30.3 Å². The number of hydrogen-bond donors (Lipinski definition) is 2. The molecular weight excluding hydrogens is 198 g/mol. The summed E-state index contributed by atoms with van der Waals surface area (Å²) in [6.07, 6.45) is -0.486. The first-order valence-electron chi connectivity index (χ1n) is 4.77. The monoisotopic (exact) mass is 213 g/mol. The van der Waals surface area contributed by atoms with E-state index >= 15 is 0 Å². The summed E-state index contributed by atoms with van der Waals surface area (Å²) in [4.78, 5) is 0. The number of nitrogens with one attached hydrogen (secondary N) is 1. The highest BCUT2D eigenvalue weighted by Gasteiger charge is 2.09. The van der Waals surface area contributed by atoms with Gasteiger partial charge in [-0.25, -0.2) is 0 Å². The van der Waals surface area contributed by atoms with Gasteiger partial charge < -0.3 is 10.4 Å². The van der Waals surface area contributed by atoms with Crippen molar-refractivity contribution >= 4 is 11.6 Å². The summed E-state index contributed by atoms with van der Waals surface area (Å²) in [6, 6.07) is 10.1. The molecule has 2 atom stereocenters. The fourth-order valence-electron chi connectivity index (χ4n) is 1.12. The van der Waals surface area contributed by atoms with Crippen LogP contribution >= 0.6 is 11.6 Å². The summed E-state index contributed by atoms with van der Waals surface area (Å²) >= 11 is 5.72. The van der Waals surface area contributed by atoms with Gasteiger partial charge in [0.2, 0.25) is 0 Å².